The van der Waals surface area contributed by atoms with Crippen molar-refractivity contribution >= 4 is 11.6 Å². The molecule has 0 aliphatic carbocycles. The van der Waals surface area contributed by atoms with E-state index in [4.69, 9.17) is 10.5 Å². The van der Waals surface area contributed by atoms with Gasteiger partial charge in [0.15, 0.2) is 0 Å². The number of hydrogen-bond acceptors (Lipinski definition) is 3. The Kier molecular flexibility index (Phi) is 7.39. The predicted octanol–water partition coefficient (Wildman–Crippen LogP) is 3.60. The lowest BCUT2D eigenvalue weighted by Crippen LogP contribution is -2.28. The van der Waals surface area contributed by atoms with Gasteiger partial charge in [0.25, 0.3) is 0 Å². The third-order valence-corrected chi connectivity index (χ3v) is 3.54. The van der Waals surface area contributed by atoms with Crippen LogP contribution in [0.1, 0.15) is 46.6 Å². The minimum Gasteiger partial charge on any atom is -0.492 e. The molecular weight excluding hydrogens is 276 g/mol. The first-order valence-corrected chi connectivity index (χ1v) is 8.14. The van der Waals surface area contributed by atoms with Gasteiger partial charge in [0.05, 0.1) is 12.3 Å². The fourth-order valence-electron chi connectivity index (χ4n) is 2.15. The van der Waals surface area contributed by atoms with E-state index < -0.39 is 0 Å². The Hall–Kier alpha value is -1.55. The Bertz CT molecular complexity index is 484. The second-order valence-electron chi connectivity index (χ2n) is 6.52. The van der Waals surface area contributed by atoms with Crippen molar-refractivity contribution in [1.82, 2.24) is 0 Å². The molecule has 0 fully saturated rings. The topological polar surface area (TPSA) is 64.3 Å². The molecule has 1 amide bonds. The monoisotopic (exact) mass is 306 g/mol. The minimum atomic E-state index is 0.0163. The van der Waals surface area contributed by atoms with Crippen LogP contribution < -0.4 is 15.8 Å². The highest BCUT2D eigenvalue weighted by Gasteiger charge is 2.13. The zero-order valence-electron chi connectivity index (χ0n) is 14.5. The molecule has 0 spiro atoms. The number of hydrogen-bond donors (Lipinski definition) is 2. The Morgan fingerprint density at radius 1 is 1.27 bits per heavy atom. The molecule has 0 aromatic heterocycles. The first kappa shape index (κ1) is 18.5. The highest BCUT2D eigenvalue weighted by atomic mass is 16.5. The molecule has 0 aliphatic rings. The van der Waals surface area contributed by atoms with Crippen molar-refractivity contribution in [3.8, 4) is 5.75 Å². The molecule has 1 rings (SSSR count). The number of rotatable bonds is 8. The van der Waals surface area contributed by atoms with Gasteiger partial charge in [-0.1, -0.05) is 33.8 Å². The Morgan fingerprint density at radius 3 is 2.50 bits per heavy atom. The Morgan fingerprint density at radius 2 is 1.95 bits per heavy atom. The van der Waals surface area contributed by atoms with E-state index in [1.807, 2.05) is 39.0 Å². The average Bonchev–Trinajstić information content (AvgIpc) is 2.40. The van der Waals surface area contributed by atoms with E-state index >= 15 is 0 Å². The quantitative estimate of drug-likeness (QED) is 0.771. The summed E-state index contributed by atoms with van der Waals surface area (Å²) in [6.45, 7) is 10.8. The van der Waals surface area contributed by atoms with Crippen molar-refractivity contribution < 1.29 is 9.53 Å². The Balaban J connectivity index is 2.87. The summed E-state index contributed by atoms with van der Waals surface area (Å²) < 4.78 is 5.67. The van der Waals surface area contributed by atoms with E-state index in [0.29, 0.717) is 30.6 Å². The van der Waals surface area contributed by atoms with Crippen LogP contribution in [0.4, 0.5) is 5.69 Å². The fourth-order valence-corrected chi connectivity index (χ4v) is 2.15. The highest BCUT2D eigenvalue weighted by molar-refractivity contribution is 5.92. The van der Waals surface area contributed by atoms with Gasteiger partial charge < -0.3 is 15.8 Å². The summed E-state index contributed by atoms with van der Waals surface area (Å²) >= 11 is 0. The lowest BCUT2D eigenvalue weighted by Gasteiger charge is -2.18. The molecule has 1 atom stereocenters. The molecular formula is C18H30N2O2. The first-order valence-electron chi connectivity index (χ1n) is 8.14. The molecule has 1 aromatic carbocycles. The summed E-state index contributed by atoms with van der Waals surface area (Å²) in [5, 5.41) is 2.93. The molecule has 0 saturated heterocycles. The van der Waals surface area contributed by atoms with Crippen LogP contribution in [0.15, 0.2) is 18.2 Å². The third kappa shape index (κ3) is 6.06. The number of anilines is 1. The van der Waals surface area contributed by atoms with Crippen LogP contribution in [0, 0.1) is 11.8 Å². The maximum atomic E-state index is 11.9. The predicted molar refractivity (Wildman–Crippen MR) is 92.2 cm³/mol. The van der Waals surface area contributed by atoms with Crippen LogP contribution in [-0.2, 0) is 11.2 Å². The van der Waals surface area contributed by atoms with Gasteiger partial charge in [-0.15, -0.1) is 0 Å². The molecule has 0 bridgehead atoms. The van der Waals surface area contributed by atoms with Crippen LogP contribution in [0.3, 0.4) is 0 Å². The number of carbonyl (C=O) groups excluding carboxylic acids is 1. The van der Waals surface area contributed by atoms with Gasteiger partial charge in [0.1, 0.15) is 5.75 Å². The van der Waals surface area contributed by atoms with Gasteiger partial charge >= 0.3 is 0 Å². The SMILES string of the molecule is CCOc1cc(CC(N)C(C)C)ccc1NC(=O)CC(C)C. The molecule has 4 nitrogen and oxygen atoms in total. The number of amides is 1. The lowest BCUT2D eigenvalue weighted by atomic mass is 9.97. The van der Waals surface area contributed by atoms with Crippen molar-refractivity contribution in [1.29, 1.82) is 0 Å². The van der Waals surface area contributed by atoms with Crippen molar-refractivity contribution in [2.24, 2.45) is 17.6 Å². The van der Waals surface area contributed by atoms with Crippen molar-refractivity contribution in [2.75, 3.05) is 11.9 Å². The van der Waals surface area contributed by atoms with Gasteiger partial charge in [-0.05, 0) is 42.9 Å². The van der Waals surface area contributed by atoms with Gasteiger partial charge in [0, 0.05) is 12.5 Å². The summed E-state index contributed by atoms with van der Waals surface area (Å²) in [4.78, 5) is 11.9. The van der Waals surface area contributed by atoms with E-state index in [1.165, 1.54) is 0 Å². The summed E-state index contributed by atoms with van der Waals surface area (Å²) in [5.74, 6) is 1.50. The molecule has 3 N–H and O–H groups in total. The first-order chi connectivity index (χ1) is 10.3. The second kappa shape index (κ2) is 8.79. The van der Waals surface area contributed by atoms with Crippen LogP contribution in [-0.4, -0.2) is 18.6 Å². The van der Waals surface area contributed by atoms with E-state index in [-0.39, 0.29) is 11.9 Å². The molecule has 0 saturated carbocycles. The molecule has 4 heteroatoms. The zero-order chi connectivity index (χ0) is 16.7. The molecule has 0 radical (unpaired) electrons. The van der Waals surface area contributed by atoms with Crippen LogP contribution >= 0.6 is 0 Å². The summed E-state index contributed by atoms with van der Waals surface area (Å²) in [5.41, 5.74) is 8.00. The van der Waals surface area contributed by atoms with Gasteiger partial charge in [-0.3, -0.25) is 4.79 Å². The normalized spacial score (nSPS) is 12.5. The summed E-state index contributed by atoms with van der Waals surface area (Å²) in [6, 6.07) is 6.02. The second-order valence-corrected chi connectivity index (χ2v) is 6.52. The number of ether oxygens (including phenoxy) is 1. The third-order valence-electron chi connectivity index (χ3n) is 3.54. The van der Waals surface area contributed by atoms with Crippen molar-refractivity contribution in [3.05, 3.63) is 23.8 Å². The largest absolute Gasteiger partial charge is 0.492 e. The number of benzene rings is 1. The van der Waals surface area contributed by atoms with Crippen molar-refractivity contribution in [3.63, 3.8) is 0 Å². The average molecular weight is 306 g/mol. The fraction of sp³-hybridized carbons (Fsp3) is 0.611. The molecule has 1 unspecified atom stereocenters. The number of carbonyl (C=O) groups is 1. The van der Waals surface area contributed by atoms with Gasteiger partial charge in [0.2, 0.25) is 5.91 Å². The standard InChI is InChI=1S/C18H30N2O2/c1-6-22-17-11-14(10-15(19)13(4)5)7-8-16(17)20-18(21)9-12(2)3/h7-8,11-13,15H,6,9-10,19H2,1-5H3,(H,20,21). The van der Waals surface area contributed by atoms with E-state index in [9.17, 15) is 4.79 Å². The smallest absolute Gasteiger partial charge is 0.224 e. The highest BCUT2D eigenvalue weighted by Crippen LogP contribution is 2.27. The maximum absolute atomic E-state index is 11.9. The van der Waals surface area contributed by atoms with E-state index in [0.717, 1.165) is 17.7 Å². The van der Waals surface area contributed by atoms with Crippen LogP contribution in [0.25, 0.3) is 0 Å². The Labute approximate surface area is 134 Å². The number of nitrogens with two attached hydrogens (primary N) is 1. The van der Waals surface area contributed by atoms with Crippen LogP contribution in [0.5, 0.6) is 5.75 Å². The van der Waals surface area contributed by atoms with Crippen LogP contribution in [0.2, 0.25) is 0 Å². The van der Waals surface area contributed by atoms with Gasteiger partial charge in [-0.25, -0.2) is 0 Å². The molecule has 124 valence electrons. The van der Waals surface area contributed by atoms with Crippen molar-refractivity contribution in [2.45, 2.75) is 53.5 Å². The van der Waals surface area contributed by atoms with E-state index in [2.05, 4.69) is 19.2 Å². The molecule has 22 heavy (non-hydrogen) atoms. The number of nitrogens with one attached hydrogen (secondary N) is 1. The molecule has 0 heterocycles. The summed E-state index contributed by atoms with van der Waals surface area (Å²) in [7, 11) is 0. The van der Waals surface area contributed by atoms with Gasteiger partial charge in [-0.2, -0.15) is 0 Å². The molecule has 1 aromatic rings. The molecule has 0 aliphatic heterocycles. The van der Waals surface area contributed by atoms with E-state index in [1.54, 1.807) is 0 Å². The lowest BCUT2D eigenvalue weighted by molar-refractivity contribution is -0.116. The maximum Gasteiger partial charge on any atom is 0.224 e. The minimum absolute atomic E-state index is 0.0163. The summed E-state index contributed by atoms with van der Waals surface area (Å²) in [6.07, 6.45) is 1.31. The zero-order valence-corrected chi connectivity index (χ0v) is 14.5.